The number of aliphatic hydroxyl groups excluding tert-OH is 2. The largest absolute Gasteiger partial charge is 0.393 e. The van der Waals surface area contributed by atoms with Gasteiger partial charge in [0.25, 0.3) is 0 Å². The Morgan fingerprint density at radius 1 is 1.33 bits per heavy atom. The van der Waals surface area contributed by atoms with Gasteiger partial charge in [0.2, 0.25) is 0 Å². The highest BCUT2D eigenvalue weighted by molar-refractivity contribution is 4.72. The number of ether oxygens (including phenoxy) is 1. The third-order valence-electron chi connectivity index (χ3n) is 2.08. The van der Waals surface area contributed by atoms with Crippen LogP contribution in [0.15, 0.2) is 0 Å². The lowest BCUT2D eigenvalue weighted by molar-refractivity contribution is -0.123. The zero-order valence-electron chi connectivity index (χ0n) is 7.02. The molecule has 12 heavy (non-hydrogen) atoms. The zero-order valence-corrected chi connectivity index (χ0v) is 7.02. The van der Waals surface area contributed by atoms with Crippen molar-refractivity contribution in [2.75, 3.05) is 6.61 Å². The van der Waals surface area contributed by atoms with E-state index in [0.29, 0.717) is 6.42 Å². The Hall–Kier alpha value is -0.160. The van der Waals surface area contributed by atoms with E-state index in [4.69, 9.17) is 14.9 Å². The topological polar surface area (TPSA) is 69.9 Å². The predicted octanol–water partition coefficient (Wildman–Crippen LogP) is -0.383. The van der Waals surface area contributed by atoms with Gasteiger partial charge in [-0.25, -0.2) is 0 Å². The lowest BCUT2D eigenvalue weighted by Gasteiger charge is -2.26. The highest BCUT2D eigenvalue weighted by atomic mass is 16.5. The first kappa shape index (κ1) is 9.92. The highest BCUT2D eigenvalue weighted by Gasteiger charge is 2.20. The smallest absolute Gasteiger partial charge is 0.175 e. The molecule has 0 radical (unpaired) electrons. The fourth-order valence-corrected chi connectivity index (χ4v) is 1.49. The van der Waals surface area contributed by atoms with Crippen molar-refractivity contribution in [2.45, 2.75) is 44.2 Å². The fourth-order valence-electron chi connectivity index (χ4n) is 1.49. The van der Waals surface area contributed by atoms with E-state index < -0.39 is 6.29 Å². The van der Waals surface area contributed by atoms with Crippen LogP contribution in [0, 0.1) is 0 Å². The molecule has 0 amide bonds. The van der Waals surface area contributed by atoms with E-state index in [-0.39, 0.29) is 18.8 Å². The van der Waals surface area contributed by atoms with E-state index in [9.17, 15) is 5.11 Å². The van der Waals surface area contributed by atoms with Gasteiger partial charge in [0, 0.05) is 0 Å². The standard InChI is InChI=1S/C8H16O4/c9-6-2-1-3-7(4-6)12-5-8(10)11/h6-11H,1-5H2. The van der Waals surface area contributed by atoms with Crippen LogP contribution in [-0.4, -0.2) is 40.4 Å². The fraction of sp³-hybridized carbons (Fsp3) is 1.00. The molecule has 1 saturated carbocycles. The van der Waals surface area contributed by atoms with Crippen LogP contribution in [0.4, 0.5) is 0 Å². The van der Waals surface area contributed by atoms with Crippen LogP contribution >= 0.6 is 0 Å². The molecule has 2 atom stereocenters. The van der Waals surface area contributed by atoms with Crippen molar-refractivity contribution in [1.82, 2.24) is 0 Å². The summed E-state index contributed by atoms with van der Waals surface area (Å²) in [5.74, 6) is 0. The first-order valence-electron chi connectivity index (χ1n) is 4.34. The minimum atomic E-state index is -1.40. The maximum Gasteiger partial charge on any atom is 0.175 e. The molecule has 1 aliphatic carbocycles. The predicted molar refractivity (Wildman–Crippen MR) is 42.4 cm³/mol. The van der Waals surface area contributed by atoms with Crippen molar-refractivity contribution in [3.8, 4) is 0 Å². The SMILES string of the molecule is OC(O)COC1CCCC(O)C1. The maximum atomic E-state index is 9.24. The minimum absolute atomic E-state index is 0.00412. The maximum absolute atomic E-state index is 9.24. The van der Waals surface area contributed by atoms with Crippen LogP contribution in [0.5, 0.6) is 0 Å². The summed E-state index contributed by atoms with van der Waals surface area (Å²) < 4.78 is 5.15. The zero-order chi connectivity index (χ0) is 8.97. The van der Waals surface area contributed by atoms with Crippen LogP contribution < -0.4 is 0 Å². The molecule has 4 heteroatoms. The van der Waals surface area contributed by atoms with Gasteiger partial charge in [0.05, 0.1) is 18.8 Å². The molecule has 1 fully saturated rings. The summed E-state index contributed by atoms with van der Waals surface area (Å²) in [6, 6.07) is 0. The van der Waals surface area contributed by atoms with Gasteiger partial charge in [-0.1, -0.05) is 0 Å². The van der Waals surface area contributed by atoms with Gasteiger partial charge in [-0.2, -0.15) is 0 Å². The third-order valence-corrected chi connectivity index (χ3v) is 2.08. The Balaban J connectivity index is 2.14. The van der Waals surface area contributed by atoms with Crippen molar-refractivity contribution in [3.05, 3.63) is 0 Å². The van der Waals surface area contributed by atoms with E-state index in [1.165, 1.54) is 0 Å². The van der Waals surface area contributed by atoms with Crippen molar-refractivity contribution in [3.63, 3.8) is 0 Å². The molecular weight excluding hydrogens is 160 g/mol. The molecule has 0 saturated heterocycles. The Morgan fingerprint density at radius 3 is 2.67 bits per heavy atom. The second-order valence-electron chi connectivity index (χ2n) is 3.26. The molecule has 1 aliphatic rings. The van der Waals surface area contributed by atoms with Crippen molar-refractivity contribution in [1.29, 1.82) is 0 Å². The Morgan fingerprint density at radius 2 is 2.08 bits per heavy atom. The molecule has 0 aliphatic heterocycles. The lowest BCUT2D eigenvalue weighted by Crippen LogP contribution is -2.28. The average Bonchev–Trinajstić information content (AvgIpc) is 2.01. The average molecular weight is 176 g/mol. The molecule has 72 valence electrons. The summed E-state index contributed by atoms with van der Waals surface area (Å²) in [5, 5.41) is 26.3. The highest BCUT2D eigenvalue weighted by Crippen LogP contribution is 2.20. The van der Waals surface area contributed by atoms with Crippen LogP contribution in [-0.2, 0) is 4.74 Å². The molecule has 2 unspecified atom stereocenters. The van der Waals surface area contributed by atoms with Gasteiger partial charge in [0.15, 0.2) is 6.29 Å². The number of aliphatic hydroxyl groups is 3. The second-order valence-corrected chi connectivity index (χ2v) is 3.26. The van der Waals surface area contributed by atoms with Gasteiger partial charge < -0.3 is 20.1 Å². The van der Waals surface area contributed by atoms with E-state index in [1.807, 2.05) is 0 Å². The van der Waals surface area contributed by atoms with Crippen molar-refractivity contribution in [2.24, 2.45) is 0 Å². The molecule has 1 rings (SSSR count). The molecule has 0 heterocycles. The van der Waals surface area contributed by atoms with Crippen LogP contribution in [0.3, 0.4) is 0 Å². The van der Waals surface area contributed by atoms with E-state index in [2.05, 4.69) is 0 Å². The van der Waals surface area contributed by atoms with Crippen LogP contribution in [0.1, 0.15) is 25.7 Å². The van der Waals surface area contributed by atoms with Crippen molar-refractivity contribution >= 4 is 0 Å². The first-order valence-corrected chi connectivity index (χ1v) is 4.34. The van der Waals surface area contributed by atoms with Gasteiger partial charge in [-0.15, -0.1) is 0 Å². The Labute approximate surface area is 71.8 Å². The minimum Gasteiger partial charge on any atom is -0.393 e. The number of hydrogen-bond donors (Lipinski definition) is 3. The molecule has 0 aromatic carbocycles. The monoisotopic (exact) mass is 176 g/mol. The molecule has 0 aromatic rings. The molecule has 3 N–H and O–H groups in total. The number of rotatable bonds is 3. The summed E-state index contributed by atoms with van der Waals surface area (Å²) in [6.45, 7) is -0.0581. The molecule has 4 nitrogen and oxygen atoms in total. The normalized spacial score (nSPS) is 31.0. The summed E-state index contributed by atoms with van der Waals surface area (Å²) >= 11 is 0. The first-order chi connectivity index (χ1) is 5.68. The summed E-state index contributed by atoms with van der Waals surface area (Å²) in [6.07, 6.45) is 1.63. The Bertz CT molecular complexity index is 126. The summed E-state index contributed by atoms with van der Waals surface area (Å²) in [5.41, 5.74) is 0. The van der Waals surface area contributed by atoms with Crippen LogP contribution in [0.25, 0.3) is 0 Å². The lowest BCUT2D eigenvalue weighted by atomic mass is 9.95. The molecule has 0 bridgehead atoms. The van der Waals surface area contributed by atoms with Gasteiger partial charge in [-0.3, -0.25) is 0 Å². The summed E-state index contributed by atoms with van der Waals surface area (Å²) in [4.78, 5) is 0. The molecule has 0 aromatic heterocycles. The van der Waals surface area contributed by atoms with E-state index in [1.54, 1.807) is 0 Å². The van der Waals surface area contributed by atoms with Gasteiger partial charge >= 0.3 is 0 Å². The quantitative estimate of drug-likeness (QED) is 0.512. The Kier molecular flexibility index (Phi) is 3.94. The van der Waals surface area contributed by atoms with Crippen LogP contribution in [0.2, 0.25) is 0 Å². The number of hydrogen-bond acceptors (Lipinski definition) is 4. The molecule has 0 spiro atoms. The van der Waals surface area contributed by atoms with Gasteiger partial charge in [0.1, 0.15) is 0 Å². The third kappa shape index (κ3) is 3.49. The van der Waals surface area contributed by atoms with Crippen molar-refractivity contribution < 1.29 is 20.1 Å². The van der Waals surface area contributed by atoms with Gasteiger partial charge in [-0.05, 0) is 25.7 Å². The van der Waals surface area contributed by atoms with E-state index in [0.717, 1.165) is 19.3 Å². The molecular formula is C8H16O4. The van der Waals surface area contributed by atoms with E-state index >= 15 is 0 Å². The summed E-state index contributed by atoms with van der Waals surface area (Å²) in [7, 11) is 0. The second kappa shape index (κ2) is 4.77.